The molecular weight excluding hydrogens is 244 g/mol. The van der Waals surface area contributed by atoms with Gasteiger partial charge in [0, 0.05) is 18.4 Å². The van der Waals surface area contributed by atoms with Crippen LogP contribution in [0.3, 0.4) is 0 Å². The molecule has 0 amide bonds. The van der Waals surface area contributed by atoms with Crippen LogP contribution in [-0.2, 0) is 19.1 Å². The Labute approximate surface area is 111 Å². The molecular formula is C15H14O4. The van der Waals surface area contributed by atoms with Gasteiger partial charge in [0.15, 0.2) is 0 Å². The van der Waals surface area contributed by atoms with Crippen molar-refractivity contribution in [2.24, 2.45) is 5.92 Å². The standard InChI is InChI=1S/C15H14O4/c1-3-11-9-18-15(17)13(11)14(19-10(2)16)12-7-5-4-6-8-12/h3-8,11H,1,9H2,2H3/b14-13+. The second kappa shape index (κ2) is 5.52. The molecule has 0 bridgehead atoms. The van der Waals surface area contributed by atoms with E-state index in [-0.39, 0.29) is 18.3 Å². The van der Waals surface area contributed by atoms with Gasteiger partial charge < -0.3 is 9.47 Å². The van der Waals surface area contributed by atoms with Gasteiger partial charge in [-0.1, -0.05) is 36.4 Å². The van der Waals surface area contributed by atoms with Crippen LogP contribution in [0.5, 0.6) is 0 Å². The summed E-state index contributed by atoms with van der Waals surface area (Å²) < 4.78 is 10.2. The average molecular weight is 258 g/mol. The fraction of sp³-hybridized carbons (Fsp3) is 0.200. The molecule has 98 valence electrons. The largest absolute Gasteiger partial charge is 0.461 e. The molecule has 0 radical (unpaired) electrons. The molecule has 0 aromatic heterocycles. The van der Waals surface area contributed by atoms with Crippen molar-refractivity contribution in [1.29, 1.82) is 0 Å². The number of esters is 2. The van der Waals surface area contributed by atoms with E-state index < -0.39 is 11.9 Å². The molecule has 0 saturated carbocycles. The van der Waals surface area contributed by atoms with Crippen molar-refractivity contribution in [3.8, 4) is 0 Å². The van der Waals surface area contributed by atoms with E-state index in [1.54, 1.807) is 18.2 Å². The molecule has 1 aromatic rings. The third-order valence-corrected chi connectivity index (χ3v) is 2.80. The van der Waals surface area contributed by atoms with Crippen LogP contribution in [0, 0.1) is 5.92 Å². The monoisotopic (exact) mass is 258 g/mol. The van der Waals surface area contributed by atoms with Crippen LogP contribution in [0.2, 0.25) is 0 Å². The number of ether oxygens (including phenoxy) is 2. The minimum Gasteiger partial charge on any atom is -0.461 e. The molecule has 1 saturated heterocycles. The summed E-state index contributed by atoms with van der Waals surface area (Å²) in [6.07, 6.45) is 1.62. The summed E-state index contributed by atoms with van der Waals surface area (Å²) in [4.78, 5) is 23.1. The topological polar surface area (TPSA) is 52.6 Å². The molecule has 1 unspecified atom stereocenters. The van der Waals surface area contributed by atoms with Crippen molar-refractivity contribution in [1.82, 2.24) is 0 Å². The first-order chi connectivity index (χ1) is 9.13. The number of benzene rings is 1. The Kier molecular flexibility index (Phi) is 3.80. The van der Waals surface area contributed by atoms with E-state index in [0.717, 1.165) is 0 Å². The number of rotatable bonds is 3. The molecule has 1 fully saturated rings. The lowest BCUT2D eigenvalue weighted by Gasteiger charge is -2.11. The van der Waals surface area contributed by atoms with Gasteiger partial charge in [0.25, 0.3) is 0 Å². The van der Waals surface area contributed by atoms with Crippen LogP contribution in [0.1, 0.15) is 12.5 Å². The summed E-state index contributed by atoms with van der Waals surface area (Å²) in [6.45, 7) is 5.21. The molecule has 2 rings (SSSR count). The Hall–Kier alpha value is -2.36. The molecule has 1 aromatic carbocycles. The highest BCUT2D eigenvalue weighted by Crippen LogP contribution is 2.31. The van der Waals surface area contributed by atoms with Crippen molar-refractivity contribution >= 4 is 17.7 Å². The number of hydrogen-bond acceptors (Lipinski definition) is 4. The Bertz CT molecular complexity index is 543. The molecule has 1 aliphatic heterocycles. The van der Waals surface area contributed by atoms with E-state index >= 15 is 0 Å². The third-order valence-electron chi connectivity index (χ3n) is 2.80. The van der Waals surface area contributed by atoms with Gasteiger partial charge in [-0.15, -0.1) is 6.58 Å². The van der Waals surface area contributed by atoms with Crippen molar-refractivity contribution in [3.05, 3.63) is 54.1 Å². The van der Waals surface area contributed by atoms with Gasteiger partial charge >= 0.3 is 11.9 Å². The second-order valence-corrected chi connectivity index (χ2v) is 4.14. The van der Waals surface area contributed by atoms with Crippen molar-refractivity contribution in [2.75, 3.05) is 6.61 Å². The SMILES string of the molecule is C=CC1COC(=O)/C1=C(/OC(C)=O)c1ccccc1. The minimum absolute atomic E-state index is 0.231. The third kappa shape index (κ3) is 2.73. The van der Waals surface area contributed by atoms with E-state index in [0.29, 0.717) is 11.1 Å². The quantitative estimate of drug-likeness (QED) is 0.361. The highest BCUT2D eigenvalue weighted by molar-refractivity contribution is 6.00. The maximum Gasteiger partial charge on any atom is 0.338 e. The van der Waals surface area contributed by atoms with Gasteiger partial charge in [-0.3, -0.25) is 4.79 Å². The number of carbonyl (C=O) groups is 2. The molecule has 4 nitrogen and oxygen atoms in total. The molecule has 1 aliphatic rings. The van der Waals surface area contributed by atoms with Gasteiger partial charge in [-0.05, 0) is 0 Å². The lowest BCUT2D eigenvalue weighted by atomic mass is 9.98. The highest BCUT2D eigenvalue weighted by atomic mass is 16.6. The van der Waals surface area contributed by atoms with Crippen LogP contribution in [0.4, 0.5) is 0 Å². The summed E-state index contributed by atoms with van der Waals surface area (Å²) >= 11 is 0. The fourth-order valence-electron chi connectivity index (χ4n) is 1.93. The Morgan fingerprint density at radius 3 is 2.68 bits per heavy atom. The Balaban J connectivity index is 2.56. The smallest absolute Gasteiger partial charge is 0.338 e. The van der Waals surface area contributed by atoms with Gasteiger partial charge in [0.05, 0.1) is 5.57 Å². The zero-order valence-electron chi connectivity index (χ0n) is 10.6. The van der Waals surface area contributed by atoms with Crippen molar-refractivity contribution in [3.63, 3.8) is 0 Å². The van der Waals surface area contributed by atoms with Crippen LogP contribution in [0.25, 0.3) is 5.76 Å². The van der Waals surface area contributed by atoms with E-state index in [2.05, 4.69) is 6.58 Å². The molecule has 0 spiro atoms. The van der Waals surface area contributed by atoms with Gasteiger partial charge in [0.2, 0.25) is 0 Å². The average Bonchev–Trinajstić information content (AvgIpc) is 2.78. The van der Waals surface area contributed by atoms with Crippen LogP contribution in [0.15, 0.2) is 48.6 Å². The predicted molar refractivity (Wildman–Crippen MR) is 69.8 cm³/mol. The summed E-state index contributed by atoms with van der Waals surface area (Å²) in [6, 6.07) is 9.01. The minimum atomic E-state index is -0.478. The van der Waals surface area contributed by atoms with Crippen LogP contribution < -0.4 is 0 Å². The van der Waals surface area contributed by atoms with Crippen molar-refractivity contribution in [2.45, 2.75) is 6.92 Å². The van der Waals surface area contributed by atoms with E-state index in [9.17, 15) is 9.59 Å². The number of hydrogen-bond donors (Lipinski definition) is 0. The molecule has 4 heteroatoms. The first-order valence-corrected chi connectivity index (χ1v) is 5.91. The number of carbonyl (C=O) groups excluding carboxylic acids is 2. The fourth-order valence-corrected chi connectivity index (χ4v) is 1.93. The maximum atomic E-state index is 11.8. The van der Waals surface area contributed by atoms with Crippen molar-refractivity contribution < 1.29 is 19.1 Å². The molecule has 1 atom stereocenters. The molecule has 0 aliphatic carbocycles. The second-order valence-electron chi connectivity index (χ2n) is 4.14. The van der Waals surface area contributed by atoms with E-state index in [4.69, 9.17) is 9.47 Å². The van der Waals surface area contributed by atoms with Gasteiger partial charge in [0.1, 0.15) is 12.4 Å². The summed E-state index contributed by atoms with van der Waals surface area (Å²) in [7, 11) is 0. The van der Waals surface area contributed by atoms with E-state index in [1.165, 1.54) is 6.92 Å². The zero-order chi connectivity index (χ0) is 13.8. The molecule has 19 heavy (non-hydrogen) atoms. The predicted octanol–water partition coefficient (Wildman–Crippen LogP) is 2.32. The molecule has 0 N–H and O–H groups in total. The van der Waals surface area contributed by atoms with Gasteiger partial charge in [-0.2, -0.15) is 0 Å². The Morgan fingerprint density at radius 1 is 1.42 bits per heavy atom. The summed E-state index contributed by atoms with van der Waals surface area (Å²) in [5.74, 6) is -0.957. The summed E-state index contributed by atoms with van der Waals surface area (Å²) in [5, 5.41) is 0. The maximum absolute atomic E-state index is 11.8. The highest BCUT2D eigenvalue weighted by Gasteiger charge is 2.33. The lowest BCUT2D eigenvalue weighted by molar-refractivity contribution is -0.135. The van der Waals surface area contributed by atoms with Crippen LogP contribution in [-0.4, -0.2) is 18.5 Å². The first kappa shape index (κ1) is 13.1. The van der Waals surface area contributed by atoms with Crippen LogP contribution >= 0.6 is 0 Å². The summed E-state index contributed by atoms with van der Waals surface area (Å²) in [5.41, 5.74) is 1.01. The number of cyclic esters (lactones) is 1. The first-order valence-electron chi connectivity index (χ1n) is 5.91. The van der Waals surface area contributed by atoms with Gasteiger partial charge in [-0.25, -0.2) is 4.79 Å². The normalized spacial score (nSPS) is 20.7. The molecule has 1 heterocycles. The Morgan fingerprint density at radius 2 is 2.11 bits per heavy atom. The zero-order valence-corrected chi connectivity index (χ0v) is 10.6. The lowest BCUT2D eigenvalue weighted by Crippen LogP contribution is -2.09. The van der Waals surface area contributed by atoms with E-state index in [1.807, 2.05) is 18.2 Å².